The summed E-state index contributed by atoms with van der Waals surface area (Å²) in [5.74, 6) is 0.164. The maximum atomic E-state index is 11.6. The Hall–Kier alpha value is -1.44. The van der Waals surface area contributed by atoms with E-state index in [1.54, 1.807) is 0 Å². The molecule has 1 aliphatic heterocycles. The van der Waals surface area contributed by atoms with E-state index >= 15 is 0 Å². The van der Waals surface area contributed by atoms with Crippen LogP contribution in [0.2, 0.25) is 0 Å². The molecule has 0 amide bonds. The Morgan fingerprint density at radius 2 is 2.41 bits per heavy atom. The van der Waals surface area contributed by atoms with Gasteiger partial charge in [0.05, 0.1) is 25.4 Å². The minimum Gasteiger partial charge on any atom is -0.394 e. The lowest BCUT2D eigenvalue weighted by molar-refractivity contribution is -0.113. The van der Waals surface area contributed by atoms with Crippen molar-refractivity contribution in [3.05, 3.63) is 22.7 Å². The summed E-state index contributed by atoms with van der Waals surface area (Å²) >= 11 is 0. The van der Waals surface area contributed by atoms with Crippen molar-refractivity contribution in [1.29, 1.82) is 0 Å². The molecule has 4 N–H and O–H groups in total. The molecular formula is C10H15N3O4. The van der Waals surface area contributed by atoms with Crippen molar-refractivity contribution in [2.45, 2.75) is 24.7 Å². The van der Waals surface area contributed by atoms with Gasteiger partial charge in [0.2, 0.25) is 0 Å². The number of nitrogen functional groups attached to an aromatic ring is 1. The van der Waals surface area contributed by atoms with Gasteiger partial charge >= 0.3 is 5.69 Å². The molecule has 1 fully saturated rings. The summed E-state index contributed by atoms with van der Waals surface area (Å²) in [4.78, 5) is 15.2. The van der Waals surface area contributed by atoms with E-state index in [-0.39, 0.29) is 25.1 Å². The molecule has 7 nitrogen and oxygen atoms in total. The van der Waals surface area contributed by atoms with Gasteiger partial charge < -0.3 is 20.7 Å². The number of aromatic nitrogens is 2. The van der Waals surface area contributed by atoms with Crippen molar-refractivity contribution in [1.82, 2.24) is 9.55 Å². The van der Waals surface area contributed by atoms with Gasteiger partial charge in [-0.15, -0.1) is 0 Å². The minimum absolute atomic E-state index is 0.164. The summed E-state index contributed by atoms with van der Waals surface area (Å²) in [6, 6.07) is 1.24. The molecule has 2 rings (SSSR count). The zero-order chi connectivity index (χ0) is 12.4. The highest BCUT2D eigenvalue weighted by Crippen LogP contribution is 2.22. The summed E-state index contributed by atoms with van der Waals surface area (Å²) in [5, 5.41) is 18.6. The van der Waals surface area contributed by atoms with Crippen LogP contribution in [0.4, 0.5) is 5.82 Å². The Morgan fingerprint density at radius 3 is 3.00 bits per heavy atom. The predicted molar refractivity (Wildman–Crippen MR) is 59.4 cm³/mol. The fourth-order valence-corrected chi connectivity index (χ4v) is 1.92. The van der Waals surface area contributed by atoms with Gasteiger partial charge in [0.25, 0.3) is 0 Å². The van der Waals surface area contributed by atoms with Gasteiger partial charge in [-0.1, -0.05) is 0 Å². The number of nitrogens with two attached hydrogens (primary N) is 1. The van der Waals surface area contributed by atoms with Crippen LogP contribution in [0.25, 0.3) is 0 Å². The molecule has 7 heteroatoms. The molecule has 0 radical (unpaired) electrons. The molecule has 3 atom stereocenters. The van der Waals surface area contributed by atoms with Crippen molar-refractivity contribution in [2.24, 2.45) is 0 Å². The van der Waals surface area contributed by atoms with E-state index in [0.29, 0.717) is 6.42 Å². The Balaban J connectivity index is 2.16. The summed E-state index contributed by atoms with van der Waals surface area (Å²) in [5.41, 5.74) is 4.93. The molecule has 1 unspecified atom stereocenters. The van der Waals surface area contributed by atoms with Crippen molar-refractivity contribution < 1.29 is 14.9 Å². The van der Waals surface area contributed by atoms with Crippen LogP contribution in [0.3, 0.4) is 0 Å². The molecule has 1 aromatic rings. The molecule has 0 aromatic carbocycles. The highest BCUT2D eigenvalue weighted by Gasteiger charge is 2.30. The second-order valence-electron chi connectivity index (χ2n) is 4.05. The number of nitrogens with zero attached hydrogens (tertiary/aromatic N) is 2. The third-order valence-corrected chi connectivity index (χ3v) is 2.87. The van der Waals surface area contributed by atoms with Crippen LogP contribution in [0, 0.1) is 0 Å². The first-order valence-corrected chi connectivity index (χ1v) is 5.37. The average Bonchev–Trinajstić information content (AvgIpc) is 2.29. The highest BCUT2D eigenvalue weighted by molar-refractivity contribution is 5.23. The van der Waals surface area contributed by atoms with Gasteiger partial charge in [0.15, 0.2) is 0 Å². The van der Waals surface area contributed by atoms with Gasteiger partial charge in [-0.25, -0.2) is 4.79 Å². The molecule has 1 aromatic heterocycles. The number of ether oxygens (including phenoxy) is 1. The minimum atomic E-state index is -0.789. The topological polar surface area (TPSA) is 111 Å². The SMILES string of the molecule is Nc1ccn(C2CO[C@H](CO)[C@@H](O)C2)c(=O)n1. The van der Waals surface area contributed by atoms with Crippen LogP contribution >= 0.6 is 0 Å². The summed E-state index contributed by atoms with van der Waals surface area (Å²) in [6.07, 6.45) is 0.508. The number of anilines is 1. The van der Waals surface area contributed by atoms with Gasteiger partial charge in [-0.2, -0.15) is 4.98 Å². The molecule has 0 bridgehead atoms. The number of aliphatic hydroxyl groups is 2. The monoisotopic (exact) mass is 241 g/mol. The third-order valence-electron chi connectivity index (χ3n) is 2.87. The second-order valence-corrected chi connectivity index (χ2v) is 4.05. The molecule has 17 heavy (non-hydrogen) atoms. The molecule has 0 saturated carbocycles. The molecule has 1 saturated heterocycles. The lowest BCUT2D eigenvalue weighted by Crippen LogP contribution is -2.43. The molecular weight excluding hydrogens is 226 g/mol. The molecule has 0 spiro atoms. The Bertz CT molecular complexity index is 447. The largest absolute Gasteiger partial charge is 0.394 e. The van der Waals surface area contributed by atoms with Crippen molar-refractivity contribution >= 4 is 5.82 Å². The normalized spacial score (nSPS) is 29.2. The fourth-order valence-electron chi connectivity index (χ4n) is 1.92. The fraction of sp³-hybridized carbons (Fsp3) is 0.600. The van der Waals surface area contributed by atoms with E-state index < -0.39 is 17.9 Å². The molecule has 2 heterocycles. The number of hydrogen-bond acceptors (Lipinski definition) is 6. The van der Waals surface area contributed by atoms with Crippen LogP contribution < -0.4 is 11.4 Å². The van der Waals surface area contributed by atoms with E-state index in [1.165, 1.54) is 16.8 Å². The van der Waals surface area contributed by atoms with Crippen LogP contribution in [-0.2, 0) is 4.74 Å². The summed E-state index contributed by atoms with van der Waals surface area (Å²) in [7, 11) is 0. The average molecular weight is 241 g/mol. The van der Waals surface area contributed by atoms with Gasteiger partial charge in [0.1, 0.15) is 11.9 Å². The van der Waals surface area contributed by atoms with Crippen LogP contribution in [0.5, 0.6) is 0 Å². The lowest BCUT2D eigenvalue weighted by atomic mass is 10.0. The van der Waals surface area contributed by atoms with Crippen molar-refractivity contribution in [3.8, 4) is 0 Å². The van der Waals surface area contributed by atoms with E-state index in [1.807, 2.05) is 0 Å². The Morgan fingerprint density at radius 1 is 1.65 bits per heavy atom. The second kappa shape index (κ2) is 4.82. The van der Waals surface area contributed by atoms with Crippen LogP contribution in [0.15, 0.2) is 17.1 Å². The summed E-state index contributed by atoms with van der Waals surface area (Å²) < 4.78 is 6.66. The van der Waals surface area contributed by atoms with Crippen molar-refractivity contribution in [3.63, 3.8) is 0 Å². The maximum Gasteiger partial charge on any atom is 0.349 e. The zero-order valence-electron chi connectivity index (χ0n) is 9.19. The number of rotatable bonds is 2. The lowest BCUT2D eigenvalue weighted by Gasteiger charge is -2.32. The van der Waals surface area contributed by atoms with Crippen LogP contribution in [0.1, 0.15) is 12.5 Å². The van der Waals surface area contributed by atoms with E-state index in [4.69, 9.17) is 15.6 Å². The first kappa shape index (κ1) is 12.0. The summed E-state index contributed by atoms with van der Waals surface area (Å²) in [6.45, 7) is 0.0244. The van der Waals surface area contributed by atoms with Gasteiger partial charge in [0, 0.05) is 6.20 Å². The first-order valence-electron chi connectivity index (χ1n) is 5.37. The predicted octanol–water partition coefficient (Wildman–Crippen LogP) is -1.49. The van der Waals surface area contributed by atoms with Crippen LogP contribution in [-0.4, -0.2) is 45.2 Å². The molecule has 94 valence electrons. The quantitative estimate of drug-likeness (QED) is 0.581. The smallest absolute Gasteiger partial charge is 0.349 e. The van der Waals surface area contributed by atoms with E-state index in [9.17, 15) is 9.90 Å². The van der Waals surface area contributed by atoms with E-state index in [2.05, 4.69) is 4.98 Å². The Kier molecular flexibility index (Phi) is 3.41. The van der Waals surface area contributed by atoms with Gasteiger partial charge in [-0.3, -0.25) is 4.57 Å². The maximum absolute atomic E-state index is 11.6. The van der Waals surface area contributed by atoms with E-state index in [0.717, 1.165) is 0 Å². The number of aliphatic hydroxyl groups excluding tert-OH is 2. The standard InChI is InChI=1S/C10H15N3O4/c11-9-1-2-13(10(16)12-9)6-3-7(15)8(4-14)17-5-6/h1-2,6-8,14-15H,3-5H2,(H2,11,12,16)/t6?,7-,8+/m0/s1. The zero-order valence-corrected chi connectivity index (χ0v) is 9.19. The third kappa shape index (κ3) is 2.46. The highest BCUT2D eigenvalue weighted by atomic mass is 16.5. The van der Waals surface area contributed by atoms with Crippen molar-refractivity contribution in [2.75, 3.05) is 18.9 Å². The Labute approximate surface area is 97.5 Å². The molecule has 0 aliphatic carbocycles. The number of hydrogen-bond donors (Lipinski definition) is 3. The molecule has 1 aliphatic rings. The van der Waals surface area contributed by atoms with Gasteiger partial charge in [-0.05, 0) is 12.5 Å². The first-order chi connectivity index (χ1) is 8.11.